The molecule has 1 aromatic carbocycles. The topological polar surface area (TPSA) is 70.1 Å². The number of thiophene rings is 1. The molecule has 0 saturated carbocycles. The lowest BCUT2D eigenvalue weighted by Gasteiger charge is -2.25. The van der Waals surface area contributed by atoms with Crippen molar-refractivity contribution in [3.8, 4) is 5.75 Å². The lowest BCUT2D eigenvalue weighted by Crippen LogP contribution is -2.35. The number of aliphatic hydroxyl groups is 1. The van der Waals surface area contributed by atoms with Crippen LogP contribution in [0.3, 0.4) is 0 Å². The molecule has 0 radical (unpaired) electrons. The normalized spacial score (nSPS) is 18.2. The maximum atomic E-state index is 13.0. The summed E-state index contributed by atoms with van der Waals surface area (Å²) >= 11 is 1.47. The lowest BCUT2D eigenvalue weighted by molar-refractivity contribution is -0.140. The third kappa shape index (κ3) is 4.99. The Morgan fingerprint density at radius 2 is 2.03 bits per heavy atom. The second-order valence-corrected chi connectivity index (χ2v) is 8.97. The number of amides is 1. The summed E-state index contributed by atoms with van der Waals surface area (Å²) in [4.78, 5) is 30.2. The van der Waals surface area contributed by atoms with Crippen molar-refractivity contribution in [1.82, 2.24) is 9.80 Å². The van der Waals surface area contributed by atoms with E-state index in [0.717, 1.165) is 29.0 Å². The average molecular weight is 443 g/mol. The average Bonchev–Trinajstić information content (AvgIpc) is 3.34. The minimum absolute atomic E-state index is 0.144. The summed E-state index contributed by atoms with van der Waals surface area (Å²) in [5, 5.41) is 13.0. The first-order valence-corrected chi connectivity index (χ1v) is 11.4. The summed E-state index contributed by atoms with van der Waals surface area (Å²) < 4.78 is 5.80. The van der Waals surface area contributed by atoms with Gasteiger partial charge in [-0.2, -0.15) is 0 Å². The zero-order valence-electron chi connectivity index (χ0n) is 18.6. The van der Waals surface area contributed by atoms with E-state index in [1.54, 1.807) is 17.0 Å². The minimum Gasteiger partial charge on any atom is -0.507 e. The molecule has 166 valence electrons. The molecule has 1 saturated heterocycles. The maximum Gasteiger partial charge on any atom is 0.295 e. The van der Waals surface area contributed by atoms with Crippen molar-refractivity contribution in [3.63, 3.8) is 0 Å². The first-order chi connectivity index (χ1) is 14.8. The number of aryl methyl sites for hydroxylation is 1. The van der Waals surface area contributed by atoms with Crippen LogP contribution in [0, 0.1) is 6.92 Å². The van der Waals surface area contributed by atoms with Gasteiger partial charge in [0.2, 0.25) is 0 Å². The molecule has 7 heteroatoms. The van der Waals surface area contributed by atoms with Gasteiger partial charge in [-0.3, -0.25) is 9.59 Å². The van der Waals surface area contributed by atoms with Crippen molar-refractivity contribution in [2.24, 2.45) is 0 Å². The first-order valence-electron chi connectivity index (χ1n) is 10.6. The highest BCUT2D eigenvalue weighted by atomic mass is 32.1. The number of rotatable bonds is 9. The van der Waals surface area contributed by atoms with Crippen LogP contribution >= 0.6 is 11.3 Å². The Morgan fingerprint density at radius 3 is 2.65 bits per heavy atom. The highest BCUT2D eigenvalue weighted by Gasteiger charge is 2.46. The number of carbonyl (C=O) groups excluding carboxylic acids is 2. The van der Waals surface area contributed by atoms with Crippen LogP contribution < -0.4 is 4.74 Å². The summed E-state index contributed by atoms with van der Waals surface area (Å²) in [5.41, 5.74) is 1.52. The fourth-order valence-electron chi connectivity index (χ4n) is 3.60. The summed E-state index contributed by atoms with van der Waals surface area (Å²) in [6.45, 7) is 5.68. The van der Waals surface area contributed by atoms with Gasteiger partial charge in [0, 0.05) is 23.5 Å². The Kier molecular flexibility index (Phi) is 7.51. The van der Waals surface area contributed by atoms with Gasteiger partial charge in [0.15, 0.2) is 0 Å². The Bertz CT molecular complexity index is 966. The molecule has 0 bridgehead atoms. The van der Waals surface area contributed by atoms with E-state index in [9.17, 15) is 14.7 Å². The standard InChI is InChI=1S/C24H30N2O4S/c1-5-6-13-30-18-10-9-17(15-16(18)2)22(27)20-21(19-8-7-14-31-19)26(12-11-25(3)4)24(29)23(20)28/h7-10,14-15,21,27H,5-6,11-13H2,1-4H3. The van der Waals surface area contributed by atoms with Crippen molar-refractivity contribution in [1.29, 1.82) is 0 Å². The van der Waals surface area contributed by atoms with Crippen molar-refractivity contribution in [3.05, 3.63) is 57.3 Å². The lowest BCUT2D eigenvalue weighted by atomic mass is 9.98. The van der Waals surface area contributed by atoms with Crippen molar-refractivity contribution in [2.75, 3.05) is 33.8 Å². The van der Waals surface area contributed by atoms with Gasteiger partial charge in [-0.1, -0.05) is 19.4 Å². The van der Waals surface area contributed by atoms with E-state index in [1.807, 2.05) is 49.5 Å². The van der Waals surface area contributed by atoms with Crippen LogP contribution in [-0.4, -0.2) is 60.4 Å². The fraction of sp³-hybridized carbons (Fsp3) is 0.417. The molecular weight excluding hydrogens is 412 g/mol. The monoisotopic (exact) mass is 442 g/mol. The number of hydrogen-bond acceptors (Lipinski definition) is 6. The highest BCUT2D eigenvalue weighted by molar-refractivity contribution is 7.10. The van der Waals surface area contributed by atoms with E-state index in [2.05, 4.69) is 6.92 Å². The van der Waals surface area contributed by atoms with E-state index < -0.39 is 17.7 Å². The molecule has 2 heterocycles. The van der Waals surface area contributed by atoms with E-state index in [-0.39, 0.29) is 11.3 Å². The third-order valence-electron chi connectivity index (χ3n) is 5.34. The van der Waals surface area contributed by atoms with E-state index in [1.165, 1.54) is 11.3 Å². The predicted molar refractivity (Wildman–Crippen MR) is 123 cm³/mol. The molecule has 1 aliphatic heterocycles. The zero-order chi connectivity index (χ0) is 22.5. The Hall–Kier alpha value is -2.64. The summed E-state index contributed by atoms with van der Waals surface area (Å²) in [5.74, 6) is -0.604. The highest BCUT2D eigenvalue weighted by Crippen LogP contribution is 2.41. The predicted octanol–water partition coefficient (Wildman–Crippen LogP) is 4.22. The van der Waals surface area contributed by atoms with Gasteiger partial charge < -0.3 is 19.6 Å². The number of ether oxygens (including phenoxy) is 1. The molecule has 1 aliphatic rings. The molecule has 3 rings (SSSR count). The van der Waals surface area contributed by atoms with Crippen LogP contribution in [0.25, 0.3) is 5.76 Å². The number of likely N-dealkylation sites (N-methyl/N-ethyl adjacent to an activating group) is 1. The molecular formula is C24H30N2O4S. The molecule has 0 aliphatic carbocycles. The largest absolute Gasteiger partial charge is 0.507 e. The second-order valence-electron chi connectivity index (χ2n) is 7.99. The van der Waals surface area contributed by atoms with Crippen molar-refractivity contribution < 1.29 is 19.4 Å². The number of likely N-dealkylation sites (tertiary alicyclic amines) is 1. The molecule has 31 heavy (non-hydrogen) atoms. The van der Waals surface area contributed by atoms with Crippen LogP contribution in [-0.2, 0) is 9.59 Å². The summed E-state index contributed by atoms with van der Waals surface area (Å²) in [6, 6.07) is 8.55. The van der Waals surface area contributed by atoms with Gasteiger partial charge in [0.1, 0.15) is 11.5 Å². The molecule has 1 fully saturated rings. The van der Waals surface area contributed by atoms with Crippen molar-refractivity contribution in [2.45, 2.75) is 32.7 Å². The maximum absolute atomic E-state index is 13.0. The second kappa shape index (κ2) is 10.1. The fourth-order valence-corrected chi connectivity index (χ4v) is 4.45. The molecule has 1 atom stereocenters. The van der Waals surface area contributed by atoms with Gasteiger partial charge >= 0.3 is 0 Å². The third-order valence-corrected chi connectivity index (χ3v) is 6.27. The molecule has 1 N–H and O–H groups in total. The van der Waals surface area contributed by atoms with Gasteiger partial charge in [0.05, 0.1) is 18.2 Å². The quantitative estimate of drug-likeness (QED) is 0.273. The van der Waals surface area contributed by atoms with Crippen molar-refractivity contribution >= 4 is 28.8 Å². The number of nitrogens with zero attached hydrogens (tertiary/aromatic N) is 2. The summed E-state index contributed by atoms with van der Waals surface area (Å²) in [7, 11) is 3.84. The number of unbranched alkanes of at least 4 members (excludes halogenated alkanes) is 1. The van der Waals surface area contributed by atoms with Crippen LogP contribution in [0.5, 0.6) is 5.75 Å². The molecule has 0 spiro atoms. The Balaban J connectivity index is 2.00. The number of aliphatic hydroxyl groups excluding tert-OH is 1. The van der Waals surface area contributed by atoms with E-state index >= 15 is 0 Å². The molecule has 1 aromatic heterocycles. The number of carbonyl (C=O) groups is 2. The van der Waals surface area contributed by atoms with Gasteiger partial charge in [0.25, 0.3) is 11.7 Å². The Labute approximate surface area is 187 Å². The van der Waals surface area contributed by atoms with E-state index in [0.29, 0.717) is 25.3 Å². The van der Waals surface area contributed by atoms with E-state index in [4.69, 9.17) is 4.74 Å². The SMILES string of the molecule is CCCCOc1ccc(C(O)=C2C(=O)C(=O)N(CCN(C)C)C2c2cccs2)cc1C. The number of benzene rings is 1. The molecule has 1 amide bonds. The van der Waals surface area contributed by atoms with Crippen LogP contribution in [0.1, 0.15) is 41.8 Å². The Morgan fingerprint density at radius 1 is 1.26 bits per heavy atom. The molecule has 2 aromatic rings. The van der Waals surface area contributed by atoms with Gasteiger partial charge in [-0.25, -0.2) is 0 Å². The molecule has 1 unspecified atom stereocenters. The van der Waals surface area contributed by atoms with Gasteiger partial charge in [-0.05, 0) is 62.6 Å². The number of ketones is 1. The number of hydrogen-bond donors (Lipinski definition) is 1. The van der Waals surface area contributed by atoms with Crippen LogP contribution in [0.15, 0.2) is 41.3 Å². The summed E-state index contributed by atoms with van der Waals surface area (Å²) in [6.07, 6.45) is 2.02. The van der Waals surface area contributed by atoms with Gasteiger partial charge in [-0.15, -0.1) is 11.3 Å². The smallest absolute Gasteiger partial charge is 0.295 e. The molecule has 6 nitrogen and oxygen atoms in total. The van der Waals surface area contributed by atoms with Crippen LogP contribution in [0.2, 0.25) is 0 Å². The van der Waals surface area contributed by atoms with Crippen LogP contribution in [0.4, 0.5) is 0 Å². The first kappa shape index (κ1) is 23.0. The number of Topliss-reactive ketones (excluding diaryl/α,β-unsaturated/α-hetero) is 1. The zero-order valence-corrected chi connectivity index (χ0v) is 19.4. The minimum atomic E-state index is -0.643.